The molecule has 92 valence electrons. The quantitative estimate of drug-likeness (QED) is 0.473. The number of hydrogen-bond donors (Lipinski definition) is 3. The minimum Gasteiger partial charge on any atom is -0.354 e. The van der Waals surface area contributed by atoms with Gasteiger partial charge in [0.05, 0.1) is 0 Å². The molecule has 0 heterocycles. The molecule has 16 heavy (non-hydrogen) atoms. The maximum atomic E-state index is 11.7. The van der Waals surface area contributed by atoms with Crippen LogP contribution in [-0.2, 0) is 9.59 Å². The predicted molar refractivity (Wildman–Crippen MR) is 66.4 cm³/mol. The SMILES string of the molecule is CC1CC1(C)C(=O)NCCNC(=O)CCS. The zero-order valence-corrected chi connectivity index (χ0v) is 10.8. The third kappa shape index (κ3) is 3.40. The van der Waals surface area contributed by atoms with Gasteiger partial charge in [-0.05, 0) is 18.1 Å². The Morgan fingerprint density at radius 2 is 1.94 bits per heavy atom. The van der Waals surface area contributed by atoms with Gasteiger partial charge in [-0.3, -0.25) is 9.59 Å². The number of nitrogens with one attached hydrogen (secondary N) is 2. The van der Waals surface area contributed by atoms with E-state index in [4.69, 9.17) is 0 Å². The molecule has 2 amide bonds. The monoisotopic (exact) mass is 244 g/mol. The van der Waals surface area contributed by atoms with Crippen LogP contribution in [0.15, 0.2) is 0 Å². The number of rotatable bonds is 6. The number of carbonyl (C=O) groups is 2. The molecule has 0 saturated heterocycles. The summed E-state index contributed by atoms with van der Waals surface area (Å²) in [6, 6.07) is 0. The molecule has 2 unspecified atom stereocenters. The summed E-state index contributed by atoms with van der Waals surface area (Å²) in [6.45, 7) is 5.04. The Labute approximate surface area is 102 Å². The van der Waals surface area contributed by atoms with Crippen LogP contribution in [0.5, 0.6) is 0 Å². The average Bonchev–Trinajstić information content (AvgIpc) is 2.83. The molecular formula is C11H20N2O2S. The van der Waals surface area contributed by atoms with Crippen molar-refractivity contribution in [2.45, 2.75) is 26.7 Å². The van der Waals surface area contributed by atoms with Gasteiger partial charge < -0.3 is 10.6 Å². The molecule has 0 bridgehead atoms. The van der Waals surface area contributed by atoms with Crippen molar-refractivity contribution in [2.24, 2.45) is 11.3 Å². The highest BCUT2D eigenvalue weighted by molar-refractivity contribution is 7.80. The minimum atomic E-state index is -0.172. The summed E-state index contributed by atoms with van der Waals surface area (Å²) in [4.78, 5) is 22.7. The average molecular weight is 244 g/mol. The maximum Gasteiger partial charge on any atom is 0.226 e. The van der Waals surface area contributed by atoms with Gasteiger partial charge in [-0.25, -0.2) is 0 Å². The van der Waals surface area contributed by atoms with Crippen molar-refractivity contribution in [3.8, 4) is 0 Å². The van der Waals surface area contributed by atoms with Gasteiger partial charge in [-0.15, -0.1) is 0 Å². The van der Waals surface area contributed by atoms with Crippen LogP contribution in [0.25, 0.3) is 0 Å². The van der Waals surface area contributed by atoms with Crippen LogP contribution in [0.4, 0.5) is 0 Å². The summed E-state index contributed by atoms with van der Waals surface area (Å²) in [5.41, 5.74) is -0.172. The lowest BCUT2D eigenvalue weighted by Crippen LogP contribution is -2.38. The highest BCUT2D eigenvalue weighted by Gasteiger charge is 2.52. The van der Waals surface area contributed by atoms with Gasteiger partial charge in [0.25, 0.3) is 0 Å². The van der Waals surface area contributed by atoms with Crippen LogP contribution < -0.4 is 10.6 Å². The molecule has 0 spiro atoms. The third-order valence-corrected chi connectivity index (χ3v) is 3.47. The van der Waals surface area contributed by atoms with Gasteiger partial charge >= 0.3 is 0 Å². The largest absolute Gasteiger partial charge is 0.354 e. The summed E-state index contributed by atoms with van der Waals surface area (Å²) >= 11 is 3.96. The number of amides is 2. The summed E-state index contributed by atoms with van der Waals surface area (Å²) < 4.78 is 0. The zero-order valence-electron chi connectivity index (χ0n) is 9.88. The van der Waals surface area contributed by atoms with Crippen molar-refractivity contribution >= 4 is 24.4 Å². The molecule has 1 saturated carbocycles. The molecule has 0 radical (unpaired) electrons. The standard InChI is InChI=1S/C11H20N2O2S/c1-8-7-11(8,2)10(15)13-5-4-12-9(14)3-6-16/h8,16H,3-7H2,1-2H3,(H,12,14)(H,13,15). The van der Waals surface area contributed by atoms with Gasteiger partial charge in [0.1, 0.15) is 0 Å². The summed E-state index contributed by atoms with van der Waals surface area (Å²) in [5.74, 6) is 1.11. The fourth-order valence-corrected chi connectivity index (χ4v) is 1.87. The Kier molecular flexibility index (Phi) is 4.65. The smallest absolute Gasteiger partial charge is 0.226 e. The summed E-state index contributed by atoms with van der Waals surface area (Å²) in [7, 11) is 0. The van der Waals surface area contributed by atoms with Gasteiger partial charge in [0, 0.05) is 24.9 Å². The Balaban J connectivity index is 2.08. The minimum absolute atomic E-state index is 0.0183. The van der Waals surface area contributed by atoms with Crippen molar-refractivity contribution in [3.05, 3.63) is 0 Å². The molecule has 5 heteroatoms. The number of thiol groups is 1. The predicted octanol–water partition coefficient (Wildman–Crippen LogP) is 0.585. The van der Waals surface area contributed by atoms with E-state index in [1.165, 1.54) is 0 Å². The van der Waals surface area contributed by atoms with Crippen LogP contribution in [0.3, 0.4) is 0 Å². The fourth-order valence-electron chi connectivity index (χ4n) is 1.66. The van der Waals surface area contributed by atoms with E-state index < -0.39 is 0 Å². The van der Waals surface area contributed by atoms with Crippen LogP contribution >= 0.6 is 12.6 Å². The van der Waals surface area contributed by atoms with Crippen molar-refractivity contribution in [3.63, 3.8) is 0 Å². The first-order chi connectivity index (χ1) is 7.50. The molecular weight excluding hydrogens is 224 g/mol. The molecule has 2 N–H and O–H groups in total. The molecule has 0 aromatic rings. The molecule has 0 aromatic carbocycles. The first kappa shape index (κ1) is 13.4. The second kappa shape index (κ2) is 5.57. The Morgan fingerprint density at radius 3 is 2.44 bits per heavy atom. The highest BCUT2D eigenvalue weighted by Crippen LogP contribution is 2.51. The number of carbonyl (C=O) groups excluding carboxylic acids is 2. The van der Waals surface area contributed by atoms with Crippen LogP contribution in [-0.4, -0.2) is 30.7 Å². The highest BCUT2D eigenvalue weighted by atomic mass is 32.1. The molecule has 1 rings (SSSR count). The van der Waals surface area contributed by atoms with Crippen molar-refractivity contribution in [2.75, 3.05) is 18.8 Å². The van der Waals surface area contributed by atoms with E-state index in [2.05, 4.69) is 30.2 Å². The molecule has 1 fully saturated rings. The van der Waals surface area contributed by atoms with E-state index in [-0.39, 0.29) is 17.2 Å². The van der Waals surface area contributed by atoms with E-state index in [9.17, 15) is 9.59 Å². The topological polar surface area (TPSA) is 58.2 Å². The lowest BCUT2D eigenvalue weighted by atomic mass is 10.1. The van der Waals surface area contributed by atoms with E-state index >= 15 is 0 Å². The van der Waals surface area contributed by atoms with Crippen molar-refractivity contribution in [1.29, 1.82) is 0 Å². The van der Waals surface area contributed by atoms with Gasteiger partial charge in [-0.1, -0.05) is 13.8 Å². The van der Waals surface area contributed by atoms with E-state index in [0.717, 1.165) is 6.42 Å². The Bertz CT molecular complexity index is 283. The van der Waals surface area contributed by atoms with Gasteiger partial charge in [0.2, 0.25) is 11.8 Å². The molecule has 1 aliphatic rings. The van der Waals surface area contributed by atoms with Gasteiger partial charge in [-0.2, -0.15) is 12.6 Å². The molecule has 4 nitrogen and oxygen atoms in total. The molecule has 0 aliphatic heterocycles. The molecule has 1 aliphatic carbocycles. The van der Waals surface area contributed by atoms with E-state index in [1.54, 1.807) is 0 Å². The van der Waals surface area contributed by atoms with E-state index in [1.807, 2.05) is 6.92 Å². The van der Waals surface area contributed by atoms with Gasteiger partial charge in [0.15, 0.2) is 0 Å². The summed E-state index contributed by atoms with van der Waals surface area (Å²) in [5, 5.41) is 5.56. The normalized spacial score (nSPS) is 27.3. The van der Waals surface area contributed by atoms with Crippen LogP contribution in [0, 0.1) is 11.3 Å². The number of hydrogen-bond acceptors (Lipinski definition) is 3. The van der Waals surface area contributed by atoms with Crippen molar-refractivity contribution in [1.82, 2.24) is 10.6 Å². The molecule has 0 aromatic heterocycles. The third-order valence-electron chi connectivity index (χ3n) is 3.25. The Hall–Kier alpha value is -0.710. The zero-order chi connectivity index (χ0) is 12.2. The lowest BCUT2D eigenvalue weighted by molar-refractivity contribution is -0.126. The van der Waals surface area contributed by atoms with Crippen LogP contribution in [0.1, 0.15) is 26.7 Å². The maximum absolute atomic E-state index is 11.7. The summed E-state index contributed by atoms with van der Waals surface area (Å²) in [6.07, 6.45) is 1.39. The first-order valence-electron chi connectivity index (χ1n) is 5.66. The van der Waals surface area contributed by atoms with Crippen LogP contribution in [0.2, 0.25) is 0 Å². The Morgan fingerprint density at radius 1 is 1.38 bits per heavy atom. The second-order valence-corrected chi connectivity index (χ2v) is 5.05. The van der Waals surface area contributed by atoms with Crippen molar-refractivity contribution < 1.29 is 9.59 Å². The van der Waals surface area contributed by atoms with E-state index in [0.29, 0.717) is 31.2 Å². The second-order valence-electron chi connectivity index (χ2n) is 4.60. The fraction of sp³-hybridized carbons (Fsp3) is 0.818. The lowest BCUT2D eigenvalue weighted by Gasteiger charge is -2.11. The first-order valence-corrected chi connectivity index (χ1v) is 6.30. The molecule has 2 atom stereocenters.